The lowest BCUT2D eigenvalue weighted by Crippen LogP contribution is -2.38. The number of nitrogens with one attached hydrogen (secondary N) is 1. The van der Waals surface area contributed by atoms with Gasteiger partial charge in [0.05, 0.1) is 0 Å². The zero-order chi connectivity index (χ0) is 12.1. The predicted molar refractivity (Wildman–Crippen MR) is 63.6 cm³/mol. The monoisotopic (exact) mass is 239 g/mol. The Bertz CT molecular complexity index is 404. The average molecular weight is 240 g/mol. The second-order valence-corrected chi connectivity index (χ2v) is 3.98. The first-order valence-corrected chi connectivity index (χ1v) is 5.49. The summed E-state index contributed by atoms with van der Waals surface area (Å²) < 4.78 is 0. The van der Waals surface area contributed by atoms with Gasteiger partial charge in [-0.2, -0.15) is 0 Å². The standard InChI is InChI=1S/C12H14ClNO2/c1-3-10(11(13)15)14-12(16)9-6-4-5-8(2)7-9/h4-7,10H,3H2,1-2H3,(H,14,16). The highest BCUT2D eigenvalue weighted by atomic mass is 35.5. The number of aryl methyl sites for hydroxylation is 1. The molecule has 4 heteroatoms. The molecule has 1 N–H and O–H groups in total. The normalized spacial score (nSPS) is 11.9. The van der Waals surface area contributed by atoms with E-state index in [0.29, 0.717) is 12.0 Å². The number of hydrogen-bond donors (Lipinski definition) is 1. The molecule has 3 nitrogen and oxygen atoms in total. The van der Waals surface area contributed by atoms with Crippen molar-refractivity contribution in [1.29, 1.82) is 0 Å². The van der Waals surface area contributed by atoms with Crippen molar-refractivity contribution in [3.8, 4) is 0 Å². The van der Waals surface area contributed by atoms with Gasteiger partial charge in [-0.25, -0.2) is 0 Å². The summed E-state index contributed by atoms with van der Waals surface area (Å²) in [5, 5.41) is 2.05. The maximum atomic E-state index is 11.7. The third kappa shape index (κ3) is 3.35. The fourth-order valence-corrected chi connectivity index (χ4v) is 1.56. The van der Waals surface area contributed by atoms with Crippen molar-refractivity contribution in [2.24, 2.45) is 0 Å². The first kappa shape index (κ1) is 12.7. The molecule has 0 aliphatic heterocycles. The molecule has 0 aromatic heterocycles. The quantitative estimate of drug-likeness (QED) is 0.820. The Labute approximate surface area is 99.8 Å². The van der Waals surface area contributed by atoms with Crippen LogP contribution in [0, 0.1) is 6.92 Å². The molecule has 16 heavy (non-hydrogen) atoms. The minimum atomic E-state index is -0.616. The molecule has 0 bridgehead atoms. The van der Waals surface area contributed by atoms with Crippen molar-refractivity contribution in [3.05, 3.63) is 35.4 Å². The molecule has 86 valence electrons. The van der Waals surface area contributed by atoms with E-state index in [9.17, 15) is 9.59 Å². The summed E-state index contributed by atoms with van der Waals surface area (Å²) in [7, 11) is 0. The Morgan fingerprint density at radius 1 is 1.44 bits per heavy atom. The lowest BCUT2D eigenvalue weighted by Gasteiger charge is -2.12. The summed E-state index contributed by atoms with van der Waals surface area (Å²) in [6, 6.07) is 6.55. The van der Waals surface area contributed by atoms with Crippen LogP contribution in [0.3, 0.4) is 0 Å². The summed E-state index contributed by atoms with van der Waals surface area (Å²) in [5.41, 5.74) is 1.54. The Kier molecular flexibility index (Phi) is 4.50. The Balaban J connectivity index is 2.75. The van der Waals surface area contributed by atoms with Gasteiger partial charge in [0.2, 0.25) is 5.24 Å². The molecule has 0 radical (unpaired) electrons. The van der Waals surface area contributed by atoms with Crippen molar-refractivity contribution >= 4 is 22.8 Å². The molecule has 1 rings (SSSR count). The molecule has 0 aliphatic rings. The van der Waals surface area contributed by atoms with Crippen molar-refractivity contribution in [3.63, 3.8) is 0 Å². The number of amides is 1. The smallest absolute Gasteiger partial charge is 0.251 e. The molecule has 0 saturated heterocycles. The van der Waals surface area contributed by atoms with E-state index < -0.39 is 11.3 Å². The predicted octanol–water partition coefficient (Wildman–Crippen LogP) is 2.27. The lowest BCUT2D eigenvalue weighted by molar-refractivity contribution is -0.113. The highest BCUT2D eigenvalue weighted by molar-refractivity contribution is 6.64. The van der Waals surface area contributed by atoms with Crippen LogP contribution in [0.5, 0.6) is 0 Å². The van der Waals surface area contributed by atoms with Gasteiger partial charge in [-0.1, -0.05) is 24.6 Å². The zero-order valence-corrected chi connectivity index (χ0v) is 10.0. The Hall–Kier alpha value is -1.35. The van der Waals surface area contributed by atoms with Gasteiger partial charge in [-0.15, -0.1) is 0 Å². The summed E-state index contributed by atoms with van der Waals surface area (Å²) in [6.07, 6.45) is 0.486. The van der Waals surface area contributed by atoms with E-state index in [1.54, 1.807) is 25.1 Å². The summed E-state index contributed by atoms with van der Waals surface area (Å²) in [6.45, 7) is 3.70. The topological polar surface area (TPSA) is 46.2 Å². The average Bonchev–Trinajstić information content (AvgIpc) is 2.25. The van der Waals surface area contributed by atoms with Crippen molar-refractivity contribution in [2.75, 3.05) is 0 Å². The molecule has 0 saturated carbocycles. The molecular weight excluding hydrogens is 226 g/mol. The van der Waals surface area contributed by atoms with Crippen molar-refractivity contribution < 1.29 is 9.59 Å². The van der Waals surface area contributed by atoms with Crippen LogP contribution in [0.2, 0.25) is 0 Å². The summed E-state index contributed by atoms with van der Waals surface area (Å²) >= 11 is 5.35. The first-order valence-electron chi connectivity index (χ1n) is 5.11. The summed E-state index contributed by atoms with van der Waals surface area (Å²) in [5.74, 6) is -0.274. The Morgan fingerprint density at radius 2 is 2.12 bits per heavy atom. The SMILES string of the molecule is CCC(NC(=O)c1cccc(C)c1)C(=O)Cl. The lowest BCUT2D eigenvalue weighted by atomic mass is 10.1. The maximum absolute atomic E-state index is 11.7. The van der Waals surface area contributed by atoms with Gasteiger partial charge in [0.25, 0.3) is 5.91 Å². The summed E-state index contributed by atoms with van der Waals surface area (Å²) in [4.78, 5) is 22.7. The van der Waals surface area contributed by atoms with Gasteiger partial charge in [0.1, 0.15) is 6.04 Å². The van der Waals surface area contributed by atoms with Gasteiger partial charge >= 0.3 is 0 Å². The Morgan fingerprint density at radius 3 is 2.62 bits per heavy atom. The van der Waals surface area contributed by atoms with Crippen LogP contribution in [0.1, 0.15) is 29.3 Å². The fourth-order valence-electron chi connectivity index (χ4n) is 1.35. The van der Waals surface area contributed by atoms with Crippen LogP contribution in [-0.4, -0.2) is 17.2 Å². The molecule has 1 unspecified atom stereocenters. The van der Waals surface area contributed by atoms with E-state index in [-0.39, 0.29) is 5.91 Å². The van der Waals surface area contributed by atoms with Crippen LogP contribution in [0.4, 0.5) is 0 Å². The van der Waals surface area contributed by atoms with Crippen LogP contribution < -0.4 is 5.32 Å². The third-order valence-electron chi connectivity index (χ3n) is 2.27. The van der Waals surface area contributed by atoms with Gasteiger partial charge in [-0.3, -0.25) is 9.59 Å². The minimum absolute atomic E-state index is 0.274. The van der Waals surface area contributed by atoms with E-state index >= 15 is 0 Å². The maximum Gasteiger partial charge on any atom is 0.251 e. The molecular formula is C12H14ClNO2. The van der Waals surface area contributed by atoms with Crippen LogP contribution >= 0.6 is 11.6 Å². The van der Waals surface area contributed by atoms with Gasteiger partial charge in [-0.05, 0) is 37.1 Å². The van der Waals surface area contributed by atoms with Gasteiger partial charge in [0, 0.05) is 5.56 Å². The van der Waals surface area contributed by atoms with Crippen LogP contribution in [0.15, 0.2) is 24.3 Å². The molecule has 1 atom stereocenters. The van der Waals surface area contributed by atoms with Crippen LogP contribution in [-0.2, 0) is 4.79 Å². The molecule has 0 fully saturated rings. The van der Waals surface area contributed by atoms with E-state index in [4.69, 9.17) is 11.6 Å². The number of halogens is 1. The largest absolute Gasteiger partial charge is 0.341 e. The molecule has 1 aromatic rings. The van der Waals surface area contributed by atoms with Crippen molar-refractivity contribution in [1.82, 2.24) is 5.32 Å². The number of hydrogen-bond acceptors (Lipinski definition) is 2. The van der Waals surface area contributed by atoms with E-state index in [1.165, 1.54) is 0 Å². The highest BCUT2D eigenvalue weighted by Crippen LogP contribution is 2.05. The third-order valence-corrected chi connectivity index (χ3v) is 2.53. The van der Waals surface area contributed by atoms with E-state index in [1.807, 2.05) is 13.0 Å². The van der Waals surface area contributed by atoms with Gasteiger partial charge < -0.3 is 5.32 Å². The molecule has 1 aromatic carbocycles. The number of carbonyl (C=O) groups is 2. The fraction of sp³-hybridized carbons (Fsp3) is 0.333. The molecule has 0 heterocycles. The van der Waals surface area contributed by atoms with E-state index in [2.05, 4.69) is 5.32 Å². The van der Waals surface area contributed by atoms with E-state index in [0.717, 1.165) is 5.56 Å². The highest BCUT2D eigenvalue weighted by Gasteiger charge is 2.17. The first-order chi connectivity index (χ1) is 7.54. The molecule has 0 aliphatic carbocycles. The number of benzene rings is 1. The second kappa shape index (κ2) is 5.66. The zero-order valence-electron chi connectivity index (χ0n) is 9.29. The second-order valence-electron chi connectivity index (χ2n) is 3.61. The van der Waals surface area contributed by atoms with Crippen molar-refractivity contribution in [2.45, 2.75) is 26.3 Å². The molecule has 0 spiro atoms. The molecule has 1 amide bonds. The minimum Gasteiger partial charge on any atom is -0.341 e. The number of rotatable bonds is 4. The van der Waals surface area contributed by atoms with Crippen LogP contribution in [0.25, 0.3) is 0 Å². The number of carbonyl (C=O) groups excluding carboxylic acids is 2. The van der Waals surface area contributed by atoms with Gasteiger partial charge in [0.15, 0.2) is 0 Å².